The molecule has 0 spiro atoms. The number of nitro benzene ring substituents is 1. The van der Waals surface area contributed by atoms with Gasteiger partial charge in [0.25, 0.3) is 11.2 Å². The molecule has 0 bridgehead atoms. The second-order valence-electron chi connectivity index (χ2n) is 6.61. The van der Waals surface area contributed by atoms with E-state index < -0.39 is 10.9 Å². The van der Waals surface area contributed by atoms with Gasteiger partial charge in [0.05, 0.1) is 23.3 Å². The topological polar surface area (TPSA) is 109 Å². The monoisotopic (exact) mass is 404 g/mol. The van der Waals surface area contributed by atoms with Crippen molar-refractivity contribution in [3.8, 4) is 22.6 Å². The molecule has 0 radical (unpaired) electrons. The first-order valence-electron chi connectivity index (χ1n) is 8.95. The van der Waals surface area contributed by atoms with Gasteiger partial charge in [0.15, 0.2) is 0 Å². The number of aromatic nitrogens is 3. The minimum Gasteiger partial charge on any atom is -0.465 e. The van der Waals surface area contributed by atoms with Gasteiger partial charge in [-0.3, -0.25) is 14.9 Å². The Balaban J connectivity index is 1.96. The van der Waals surface area contributed by atoms with Crippen LogP contribution in [0, 0.1) is 17.0 Å². The van der Waals surface area contributed by atoms with Gasteiger partial charge >= 0.3 is 5.97 Å². The molecule has 2 aliphatic heterocycles. The summed E-state index contributed by atoms with van der Waals surface area (Å²) in [5.41, 5.74) is 2.09. The minimum absolute atomic E-state index is 0.0643. The van der Waals surface area contributed by atoms with Crippen molar-refractivity contribution in [1.29, 1.82) is 0 Å². The maximum atomic E-state index is 13.1. The van der Waals surface area contributed by atoms with Crippen LogP contribution in [0.2, 0.25) is 0 Å². The van der Waals surface area contributed by atoms with Gasteiger partial charge in [-0.2, -0.15) is 9.78 Å². The molecule has 0 saturated heterocycles. The van der Waals surface area contributed by atoms with Crippen LogP contribution in [0.3, 0.4) is 0 Å². The number of nitrogens with zero attached hydrogens (tertiary/aromatic N) is 4. The van der Waals surface area contributed by atoms with E-state index in [2.05, 4.69) is 5.10 Å². The number of para-hydroxylation sites is 1. The highest BCUT2D eigenvalue weighted by molar-refractivity contribution is 5.96. The van der Waals surface area contributed by atoms with E-state index >= 15 is 0 Å². The highest BCUT2D eigenvalue weighted by Gasteiger charge is 2.25. The number of benzene rings is 2. The van der Waals surface area contributed by atoms with Crippen LogP contribution < -0.4 is 5.56 Å². The zero-order valence-electron chi connectivity index (χ0n) is 16.1. The van der Waals surface area contributed by atoms with Crippen molar-refractivity contribution in [3.05, 3.63) is 92.5 Å². The largest absolute Gasteiger partial charge is 0.465 e. The van der Waals surface area contributed by atoms with Crippen LogP contribution in [-0.4, -0.2) is 32.3 Å². The number of hydrogen-bond acceptors (Lipinski definition) is 6. The Hall–Kier alpha value is -4.27. The second-order valence-corrected chi connectivity index (χ2v) is 6.61. The zero-order valence-corrected chi connectivity index (χ0v) is 16.1. The Morgan fingerprint density at radius 1 is 1.10 bits per heavy atom. The van der Waals surface area contributed by atoms with Crippen LogP contribution in [0.4, 0.5) is 5.69 Å². The van der Waals surface area contributed by atoms with Crippen LogP contribution in [0.25, 0.3) is 22.6 Å². The summed E-state index contributed by atoms with van der Waals surface area (Å²) < 4.78 is 7.67. The first-order chi connectivity index (χ1) is 14.4. The number of fused-ring (bicyclic) bond motifs is 1. The lowest BCUT2D eigenvalue weighted by molar-refractivity contribution is -0.384. The number of aryl methyl sites for hydroxylation is 1. The van der Waals surface area contributed by atoms with Gasteiger partial charge in [0.2, 0.25) is 0 Å². The van der Waals surface area contributed by atoms with E-state index in [1.807, 2.05) is 19.1 Å². The third kappa shape index (κ3) is 3.12. The Morgan fingerprint density at radius 3 is 2.43 bits per heavy atom. The Bertz CT molecular complexity index is 1300. The first-order valence-corrected chi connectivity index (χ1v) is 8.95. The molecule has 9 nitrogen and oxygen atoms in total. The van der Waals surface area contributed by atoms with Gasteiger partial charge in [-0.1, -0.05) is 18.2 Å². The van der Waals surface area contributed by atoms with Gasteiger partial charge in [-0.25, -0.2) is 4.79 Å². The van der Waals surface area contributed by atoms with Crippen molar-refractivity contribution in [2.45, 2.75) is 6.92 Å². The summed E-state index contributed by atoms with van der Waals surface area (Å²) >= 11 is 0. The number of non-ortho nitro benzene ring substituents is 1. The van der Waals surface area contributed by atoms with Crippen molar-refractivity contribution < 1.29 is 14.5 Å². The second kappa shape index (κ2) is 7.28. The lowest BCUT2D eigenvalue weighted by atomic mass is 10.1. The fourth-order valence-corrected chi connectivity index (χ4v) is 3.23. The molecule has 2 aromatic rings. The Morgan fingerprint density at radius 2 is 1.80 bits per heavy atom. The Kier molecular flexibility index (Phi) is 4.63. The average Bonchev–Trinajstić information content (AvgIpc) is 3.09. The summed E-state index contributed by atoms with van der Waals surface area (Å²) in [6.07, 6.45) is 3.04. The van der Waals surface area contributed by atoms with Gasteiger partial charge in [0.1, 0.15) is 11.3 Å². The maximum Gasteiger partial charge on any atom is 0.341 e. The molecular formula is C21H16N4O5. The molecule has 0 saturated carbocycles. The smallest absolute Gasteiger partial charge is 0.341 e. The number of pyridine rings is 1. The maximum absolute atomic E-state index is 13.1. The molecule has 150 valence electrons. The summed E-state index contributed by atoms with van der Waals surface area (Å²) in [5.74, 6) is -0.648. The first kappa shape index (κ1) is 19.1. The average molecular weight is 404 g/mol. The minimum atomic E-state index is -0.648. The molecule has 0 amide bonds. The van der Waals surface area contributed by atoms with E-state index in [9.17, 15) is 19.7 Å². The van der Waals surface area contributed by atoms with E-state index in [0.29, 0.717) is 11.4 Å². The third-order valence-corrected chi connectivity index (χ3v) is 4.78. The molecule has 0 atom stereocenters. The van der Waals surface area contributed by atoms with Gasteiger partial charge in [-0.15, -0.1) is 0 Å². The zero-order chi connectivity index (χ0) is 21.4. The third-order valence-electron chi connectivity index (χ3n) is 4.78. The highest BCUT2D eigenvalue weighted by atomic mass is 16.6. The molecule has 0 aromatic heterocycles. The van der Waals surface area contributed by atoms with Crippen molar-refractivity contribution in [2.24, 2.45) is 0 Å². The van der Waals surface area contributed by atoms with E-state index in [0.717, 1.165) is 5.56 Å². The molecule has 9 heteroatoms. The van der Waals surface area contributed by atoms with E-state index in [4.69, 9.17) is 4.74 Å². The lowest BCUT2D eigenvalue weighted by Gasteiger charge is -2.11. The number of esters is 1. The summed E-state index contributed by atoms with van der Waals surface area (Å²) in [5, 5.41) is 15.3. The number of methoxy groups -OCH3 is 1. The molecule has 0 unspecified atom stereocenters. The molecule has 0 N–H and O–H groups in total. The standard InChI is InChI=1S/C21H16N4O5/c1-13-5-3-4-6-18(13)24-20(26)16-11-23(12-17(19(16)22-24)21(27)30-2)14-7-9-15(10-8-14)25(28)29/h3-12H,1-2H3. The van der Waals surface area contributed by atoms with E-state index in [-0.39, 0.29) is 28.1 Å². The van der Waals surface area contributed by atoms with Crippen molar-refractivity contribution in [2.75, 3.05) is 7.11 Å². The molecule has 0 aliphatic carbocycles. The summed E-state index contributed by atoms with van der Waals surface area (Å²) in [4.78, 5) is 35.9. The molecule has 30 heavy (non-hydrogen) atoms. The van der Waals surface area contributed by atoms with Crippen LogP contribution in [0.15, 0.2) is 65.7 Å². The summed E-state index contributed by atoms with van der Waals surface area (Å²) in [6, 6.07) is 13.0. The van der Waals surface area contributed by atoms with Crippen LogP contribution >= 0.6 is 0 Å². The van der Waals surface area contributed by atoms with E-state index in [1.165, 1.54) is 42.3 Å². The predicted molar refractivity (Wildman–Crippen MR) is 109 cm³/mol. The number of rotatable bonds is 4. The van der Waals surface area contributed by atoms with Crippen LogP contribution in [0.5, 0.6) is 0 Å². The molecule has 4 rings (SSSR count). The van der Waals surface area contributed by atoms with Gasteiger partial charge in [0, 0.05) is 30.2 Å². The summed E-state index contributed by atoms with van der Waals surface area (Å²) in [7, 11) is 1.24. The number of hydrogen-bond donors (Lipinski definition) is 0. The van der Waals surface area contributed by atoms with E-state index in [1.54, 1.807) is 22.9 Å². The predicted octanol–water partition coefficient (Wildman–Crippen LogP) is 3.13. The fraction of sp³-hybridized carbons (Fsp3) is 0.0952. The lowest BCUT2D eigenvalue weighted by Crippen LogP contribution is -2.16. The van der Waals surface area contributed by atoms with Crippen LogP contribution in [0.1, 0.15) is 15.9 Å². The number of ether oxygens (including phenoxy) is 1. The van der Waals surface area contributed by atoms with Crippen LogP contribution in [-0.2, 0) is 4.74 Å². The van der Waals surface area contributed by atoms with Gasteiger partial charge < -0.3 is 9.30 Å². The molecule has 2 heterocycles. The van der Waals surface area contributed by atoms with Crippen molar-refractivity contribution in [3.63, 3.8) is 0 Å². The highest BCUT2D eigenvalue weighted by Crippen LogP contribution is 2.26. The summed E-state index contributed by atoms with van der Waals surface area (Å²) in [6.45, 7) is 1.86. The quantitative estimate of drug-likeness (QED) is 0.294. The number of carbonyl (C=O) groups is 1. The molecule has 2 aromatic carbocycles. The van der Waals surface area contributed by atoms with Crippen molar-refractivity contribution in [1.82, 2.24) is 14.3 Å². The van der Waals surface area contributed by atoms with Gasteiger partial charge in [-0.05, 0) is 30.7 Å². The number of nitro groups is 1. The molecule has 0 fully saturated rings. The SMILES string of the molecule is COC(=O)c1cn(-c2ccc([N+](=O)[O-])cc2)cc2c(=O)n(-c3ccccc3C)nc1-2. The molecular weight excluding hydrogens is 388 g/mol. The fourth-order valence-electron chi connectivity index (χ4n) is 3.23. The Labute approximate surface area is 170 Å². The normalized spacial score (nSPS) is 10.9. The molecule has 2 aliphatic rings. The van der Waals surface area contributed by atoms with Crippen molar-refractivity contribution >= 4 is 11.7 Å². The number of carbonyl (C=O) groups excluding carboxylic acids is 1.